The fourth-order valence-corrected chi connectivity index (χ4v) is 2.16. The Morgan fingerprint density at radius 1 is 1.31 bits per heavy atom. The summed E-state index contributed by atoms with van der Waals surface area (Å²) < 4.78 is 0. The average Bonchev–Trinajstić information content (AvgIpc) is 2.35. The number of carbonyl (C=O) groups is 1. The smallest absolute Gasteiger partial charge is 0.173 e. The second-order valence-corrected chi connectivity index (χ2v) is 4.71. The van der Waals surface area contributed by atoms with E-state index < -0.39 is 0 Å². The molecule has 0 radical (unpaired) electrons. The van der Waals surface area contributed by atoms with Crippen LogP contribution in [0.3, 0.4) is 0 Å². The number of hydrogen-bond donors (Lipinski definition) is 0. The minimum Gasteiger partial charge on any atom is -0.293 e. The molecule has 0 N–H and O–H groups in total. The number of hydrogen-bond acceptors (Lipinski definition) is 3. The molecular formula is C13H13NOS. The number of nitrogens with zero attached hydrogens (tertiary/aromatic N) is 1. The maximum atomic E-state index is 12.0. The zero-order valence-corrected chi connectivity index (χ0v) is 9.96. The third-order valence-electron chi connectivity index (χ3n) is 2.38. The van der Waals surface area contributed by atoms with Gasteiger partial charge in [0.15, 0.2) is 5.78 Å². The Labute approximate surface area is 99.1 Å². The highest BCUT2D eigenvalue weighted by Crippen LogP contribution is 2.18. The highest BCUT2D eigenvalue weighted by molar-refractivity contribution is 7.99. The molecule has 0 spiro atoms. The number of ketones is 1. The Hall–Kier alpha value is -1.35. The maximum absolute atomic E-state index is 12.0. The summed E-state index contributed by atoms with van der Waals surface area (Å²) in [5, 5.41) is 0.951. The van der Waals surface area contributed by atoms with Gasteiger partial charge in [-0.25, -0.2) is 0 Å². The van der Waals surface area contributed by atoms with E-state index in [1.54, 1.807) is 18.0 Å². The first kappa shape index (κ1) is 11.1. The molecule has 0 saturated heterocycles. The molecule has 3 heteroatoms. The zero-order valence-electron chi connectivity index (χ0n) is 9.14. The van der Waals surface area contributed by atoms with Crippen LogP contribution in [0.1, 0.15) is 17.3 Å². The van der Waals surface area contributed by atoms with Gasteiger partial charge in [-0.1, -0.05) is 25.1 Å². The molecule has 0 bridgehead atoms. The van der Waals surface area contributed by atoms with Crippen molar-refractivity contribution >= 4 is 28.4 Å². The molecule has 2 rings (SSSR count). The van der Waals surface area contributed by atoms with Gasteiger partial charge in [0.2, 0.25) is 0 Å². The van der Waals surface area contributed by atoms with E-state index in [2.05, 4.69) is 11.9 Å². The second-order valence-electron chi connectivity index (χ2n) is 3.44. The van der Waals surface area contributed by atoms with Crippen LogP contribution in [0.2, 0.25) is 0 Å². The lowest BCUT2D eigenvalue weighted by molar-refractivity contribution is 0.102. The summed E-state index contributed by atoms with van der Waals surface area (Å²) in [6.45, 7) is 2.06. The van der Waals surface area contributed by atoms with Crippen molar-refractivity contribution in [1.82, 2.24) is 4.98 Å². The van der Waals surface area contributed by atoms with Crippen LogP contribution < -0.4 is 0 Å². The van der Waals surface area contributed by atoms with Crippen molar-refractivity contribution in [1.29, 1.82) is 0 Å². The lowest BCUT2D eigenvalue weighted by atomic mass is 10.1. The number of Topliss-reactive ketones (excluding diaryl/α,β-unsaturated/α-hetero) is 1. The van der Waals surface area contributed by atoms with Crippen molar-refractivity contribution < 1.29 is 4.79 Å². The van der Waals surface area contributed by atoms with Gasteiger partial charge in [-0.2, -0.15) is 11.8 Å². The standard InChI is InChI=1S/C13H13NOS/c1-2-16-9-13(15)11-5-3-7-12-10(11)6-4-8-14-12/h3-8H,2,9H2,1H3. The number of benzene rings is 1. The molecule has 0 unspecified atom stereocenters. The van der Waals surface area contributed by atoms with Gasteiger partial charge in [-0.3, -0.25) is 9.78 Å². The monoisotopic (exact) mass is 231 g/mol. The predicted octanol–water partition coefficient (Wildman–Crippen LogP) is 3.17. The van der Waals surface area contributed by atoms with Gasteiger partial charge in [0.25, 0.3) is 0 Å². The summed E-state index contributed by atoms with van der Waals surface area (Å²) in [6.07, 6.45) is 1.75. The molecule has 0 aliphatic carbocycles. The lowest BCUT2D eigenvalue weighted by Crippen LogP contribution is -2.03. The van der Waals surface area contributed by atoms with Gasteiger partial charge >= 0.3 is 0 Å². The van der Waals surface area contributed by atoms with E-state index in [9.17, 15) is 4.79 Å². The molecule has 0 atom stereocenters. The first-order chi connectivity index (χ1) is 7.83. The van der Waals surface area contributed by atoms with Crippen molar-refractivity contribution in [3.05, 3.63) is 42.1 Å². The van der Waals surface area contributed by atoms with Gasteiger partial charge in [0.1, 0.15) is 0 Å². The molecule has 1 aromatic carbocycles. The van der Waals surface area contributed by atoms with Crippen molar-refractivity contribution in [2.24, 2.45) is 0 Å². The highest BCUT2D eigenvalue weighted by atomic mass is 32.2. The van der Waals surface area contributed by atoms with Gasteiger partial charge < -0.3 is 0 Å². The quantitative estimate of drug-likeness (QED) is 0.757. The fourth-order valence-electron chi connectivity index (χ4n) is 1.62. The largest absolute Gasteiger partial charge is 0.293 e. The van der Waals surface area contributed by atoms with Crippen LogP contribution in [0.15, 0.2) is 36.5 Å². The first-order valence-corrected chi connectivity index (χ1v) is 6.43. The molecule has 0 amide bonds. The van der Waals surface area contributed by atoms with Crippen LogP contribution in [-0.4, -0.2) is 22.3 Å². The van der Waals surface area contributed by atoms with Crippen molar-refractivity contribution in [2.45, 2.75) is 6.92 Å². The van der Waals surface area contributed by atoms with Crippen LogP contribution in [-0.2, 0) is 0 Å². The van der Waals surface area contributed by atoms with Gasteiger partial charge in [0, 0.05) is 17.1 Å². The van der Waals surface area contributed by atoms with Crippen molar-refractivity contribution in [2.75, 3.05) is 11.5 Å². The van der Waals surface area contributed by atoms with Crippen LogP contribution in [0.5, 0.6) is 0 Å². The minimum absolute atomic E-state index is 0.186. The Morgan fingerprint density at radius 3 is 3.00 bits per heavy atom. The topological polar surface area (TPSA) is 30.0 Å². The van der Waals surface area contributed by atoms with Crippen LogP contribution >= 0.6 is 11.8 Å². The normalized spacial score (nSPS) is 10.6. The Morgan fingerprint density at radius 2 is 2.19 bits per heavy atom. The van der Waals surface area contributed by atoms with E-state index in [0.717, 1.165) is 22.2 Å². The SMILES string of the molecule is CCSCC(=O)c1cccc2ncccc12. The number of pyridine rings is 1. The van der Waals surface area contributed by atoms with Gasteiger partial charge in [-0.15, -0.1) is 0 Å². The van der Waals surface area contributed by atoms with Crippen LogP contribution in [0.25, 0.3) is 10.9 Å². The number of fused-ring (bicyclic) bond motifs is 1. The first-order valence-electron chi connectivity index (χ1n) is 5.27. The zero-order chi connectivity index (χ0) is 11.4. The Balaban J connectivity index is 2.40. The molecule has 1 heterocycles. The summed E-state index contributed by atoms with van der Waals surface area (Å²) in [5.74, 6) is 1.70. The van der Waals surface area contributed by atoms with E-state index in [-0.39, 0.29) is 5.78 Å². The average molecular weight is 231 g/mol. The molecule has 0 fully saturated rings. The molecule has 1 aromatic heterocycles. The number of carbonyl (C=O) groups excluding carboxylic acids is 1. The Kier molecular flexibility index (Phi) is 3.57. The van der Waals surface area contributed by atoms with E-state index in [1.807, 2.05) is 30.3 Å². The Bertz CT molecular complexity index is 505. The fraction of sp³-hybridized carbons (Fsp3) is 0.231. The third kappa shape index (κ3) is 2.25. The summed E-state index contributed by atoms with van der Waals surface area (Å²) in [7, 11) is 0. The minimum atomic E-state index is 0.186. The highest BCUT2D eigenvalue weighted by Gasteiger charge is 2.09. The molecule has 0 saturated carbocycles. The van der Waals surface area contributed by atoms with E-state index in [4.69, 9.17) is 0 Å². The molecular weight excluding hydrogens is 218 g/mol. The molecule has 2 aromatic rings. The van der Waals surface area contributed by atoms with Gasteiger partial charge in [0.05, 0.1) is 11.3 Å². The summed E-state index contributed by atoms with van der Waals surface area (Å²) in [5.41, 5.74) is 1.67. The summed E-state index contributed by atoms with van der Waals surface area (Å²) in [6, 6.07) is 9.51. The summed E-state index contributed by atoms with van der Waals surface area (Å²) in [4.78, 5) is 16.2. The number of rotatable bonds is 4. The van der Waals surface area contributed by atoms with Crippen LogP contribution in [0.4, 0.5) is 0 Å². The molecule has 16 heavy (non-hydrogen) atoms. The van der Waals surface area contributed by atoms with Crippen LogP contribution in [0, 0.1) is 0 Å². The molecule has 0 aliphatic rings. The number of thioether (sulfide) groups is 1. The van der Waals surface area contributed by atoms with Gasteiger partial charge in [-0.05, 0) is 17.9 Å². The second kappa shape index (κ2) is 5.12. The predicted molar refractivity (Wildman–Crippen MR) is 69.1 cm³/mol. The number of aromatic nitrogens is 1. The molecule has 0 aliphatic heterocycles. The maximum Gasteiger partial charge on any atom is 0.173 e. The van der Waals surface area contributed by atoms with Crippen molar-refractivity contribution in [3.8, 4) is 0 Å². The third-order valence-corrected chi connectivity index (χ3v) is 3.26. The molecule has 82 valence electrons. The summed E-state index contributed by atoms with van der Waals surface area (Å²) >= 11 is 1.65. The molecule has 2 nitrogen and oxygen atoms in total. The van der Waals surface area contributed by atoms with E-state index in [1.165, 1.54) is 0 Å². The van der Waals surface area contributed by atoms with E-state index >= 15 is 0 Å². The van der Waals surface area contributed by atoms with E-state index in [0.29, 0.717) is 5.75 Å². The lowest BCUT2D eigenvalue weighted by Gasteiger charge is -2.04. The van der Waals surface area contributed by atoms with Crippen molar-refractivity contribution in [3.63, 3.8) is 0 Å².